The van der Waals surface area contributed by atoms with Gasteiger partial charge in [0, 0.05) is 11.1 Å². The van der Waals surface area contributed by atoms with Crippen LogP contribution in [0.5, 0.6) is 0 Å². The lowest BCUT2D eigenvalue weighted by Gasteiger charge is -1.89. The Hall–Kier alpha value is -2.11. The molecule has 0 aliphatic heterocycles. The summed E-state index contributed by atoms with van der Waals surface area (Å²) in [7, 11) is 0. The summed E-state index contributed by atoms with van der Waals surface area (Å²) in [5.41, 5.74) is 0.234. The fourth-order valence-electron chi connectivity index (χ4n) is 0.328. The maximum absolute atomic E-state index is 10.1. The lowest BCUT2D eigenvalue weighted by atomic mass is 10.2. The average Bonchev–Trinajstić information content (AvgIpc) is 2.14. The van der Waals surface area contributed by atoms with Gasteiger partial charge in [-0.3, -0.25) is 4.79 Å². The van der Waals surface area contributed by atoms with Gasteiger partial charge in [0.1, 0.15) is 0 Å². The van der Waals surface area contributed by atoms with Crippen LogP contribution in [0.2, 0.25) is 0 Å². The average molecular weight is 230 g/mol. The number of carbonyl (C=O) groups is 3. The van der Waals surface area contributed by atoms with Gasteiger partial charge in [-0.2, -0.15) is 0 Å². The normalized spacial score (nSPS) is 9.75. The Bertz CT molecular complexity index is 314. The minimum atomic E-state index is -1.08. The van der Waals surface area contributed by atoms with E-state index in [1.165, 1.54) is 13.8 Å². The Morgan fingerprint density at radius 1 is 1.06 bits per heavy atom. The fourth-order valence-corrected chi connectivity index (χ4v) is 0.328. The summed E-state index contributed by atoms with van der Waals surface area (Å²) < 4.78 is 0. The van der Waals surface area contributed by atoms with Crippen molar-refractivity contribution in [1.29, 1.82) is 0 Å². The predicted molar refractivity (Wildman–Crippen MR) is 56.1 cm³/mol. The molecule has 0 bridgehead atoms. The second-order valence-electron chi connectivity index (χ2n) is 2.88. The summed E-state index contributed by atoms with van der Waals surface area (Å²) in [6.45, 7) is 5.95. The highest BCUT2D eigenvalue weighted by atomic mass is 16.4. The van der Waals surface area contributed by atoms with Gasteiger partial charge in [-0.25, -0.2) is 9.59 Å². The standard InChI is InChI=1S/C6H8O4.C4H6O2/c1-4(6(9)10)2-3-5(7)8;1-3(2)4(5)6/h2H,3H2,1H3,(H,7,8)(H,9,10);1H2,2H3,(H,5,6). The monoisotopic (exact) mass is 230 g/mol. The van der Waals surface area contributed by atoms with Crippen LogP contribution in [-0.2, 0) is 14.4 Å². The van der Waals surface area contributed by atoms with E-state index in [4.69, 9.17) is 15.3 Å². The number of carboxylic acids is 3. The molecule has 0 aromatic rings. The highest BCUT2D eigenvalue weighted by molar-refractivity contribution is 5.86. The van der Waals surface area contributed by atoms with E-state index in [0.717, 1.165) is 6.08 Å². The minimum absolute atomic E-state index is 0.0578. The molecule has 0 rings (SSSR count). The van der Waals surface area contributed by atoms with Crippen LogP contribution in [0, 0.1) is 0 Å². The fraction of sp³-hybridized carbons (Fsp3) is 0.300. The smallest absolute Gasteiger partial charge is 0.330 e. The van der Waals surface area contributed by atoms with Crippen molar-refractivity contribution in [1.82, 2.24) is 0 Å². The highest BCUT2D eigenvalue weighted by Gasteiger charge is 1.99. The molecule has 0 atom stereocenters. The zero-order valence-electron chi connectivity index (χ0n) is 9.06. The number of rotatable bonds is 4. The SMILES string of the molecule is C=C(C)C(=O)O.CC(=CCC(=O)O)C(=O)O. The molecule has 0 radical (unpaired) electrons. The molecule has 0 aliphatic carbocycles. The van der Waals surface area contributed by atoms with Crippen molar-refractivity contribution in [2.45, 2.75) is 20.3 Å². The first-order valence-electron chi connectivity index (χ1n) is 4.19. The van der Waals surface area contributed by atoms with Crippen molar-refractivity contribution in [3.05, 3.63) is 23.8 Å². The molecule has 0 aliphatic rings. The summed E-state index contributed by atoms with van der Waals surface area (Å²) >= 11 is 0. The third-order valence-electron chi connectivity index (χ3n) is 1.29. The van der Waals surface area contributed by atoms with Gasteiger partial charge in [0.2, 0.25) is 0 Å². The van der Waals surface area contributed by atoms with E-state index in [9.17, 15) is 14.4 Å². The quantitative estimate of drug-likeness (QED) is 0.624. The first-order chi connectivity index (χ1) is 7.18. The van der Waals surface area contributed by atoms with E-state index in [0.29, 0.717) is 0 Å². The summed E-state index contributed by atoms with van der Waals surface area (Å²) in [5, 5.41) is 24.2. The predicted octanol–water partition coefficient (Wildman–Crippen LogP) is 1.14. The highest BCUT2D eigenvalue weighted by Crippen LogP contribution is 1.94. The molecule has 6 nitrogen and oxygen atoms in total. The lowest BCUT2D eigenvalue weighted by molar-refractivity contribution is -0.136. The van der Waals surface area contributed by atoms with Gasteiger partial charge in [-0.05, 0) is 13.8 Å². The van der Waals surface area contributed by atoms with Crippen molar-refractivity contribution in [3.63, 3.8) is 0 Å². The molecule has 0 saturated heterocycles. The maximum atomic E-state index is 10.1. The number of hydrogen-bond acceptors (Lipinski definition) is 3. The number of aliphatic carboxylic acids is 3. The van der Waals surface area contributed by atoms with Crippen LogP contribution in [0.15, 0.2) is 23.8 Å². The van der Waals surface area contributed by atoms with E-state index in [1.54, 1.807) is 0 Å². The van der Waals surface area contributed by atoms with Crippen LogP contribution in [0.3, 0.4) is 0 Å². The van der Waals surface area contributed by atoms with Crippen LogP contribution in [0.4, 0.5) is 0 Å². The summed E-state index contributed by atoms with van der Waals surface area (Å²) in [6, 6.07) is 0. The van der Waals surface area contributed by atoms with Crippen LogP contribution in [-0.4, -0.2) is 33.2 Å². The molecule has 0 saturated carbocycles. The van der Waals surface area contributed by atoms with Crippen molar-refractivity contribution in [3.8, 4) is 0 Å². The molecule has 0 unspecified atom stereocenters. The Kier molecular flexibility index (Phi) is 8.39. The van der Waals surface area contributed by atoms with Gasteiger partial charge in [0.25, 0.3) is 0 Å². The molecule has 0 fully saturated rings. The minimum Gasteiger partial charge on any atom is -0.481 e. The Labute approximate surface area is 92.5 Å². The van der Waals surface area contributed by atoms with E-state index in [2.05, 4.69) is 6.58 Å². The second-order valence-corrected chi connectivity index (χ2v) is 2.88. The molecule has 0 aromatic carbocycles. The number of hydrogen-bond donors (Lipinski definition) is 3. The van der Waals surface area contributed by atoms with Gasteiger partial charge in [0.15, 0.2) is 0 Å². The Morgan fingerprint density at radius 2 is 1.44 bits per heavy atom. The molecular formula is C10H14O6. The van der Waals surface area contributed by atoms with Crippen LogP contribution in [0.25, 0.3) is 0 Å². The summed E-state index contributed by atoms with van der Waals surface area (Å²) in [5.74, 6) is -3.04. The maximum Gasteiger partial charge on any atom is 0.330 e. The summed E-state index contributed by atoms with van der Waals surface area (Å²) in [6.07, 6.45) is 0.919. The van der Waals surface area contributed by atoms with Gasteiger partial charge in [-0.1, -0.05) is 12.7 Å². The van der Waals surface area contributed by atoms with E-state index >= 15 is 0 Å². The Morgan fingerprint density at radius 3 is 1.62 bits per heavy atom. The number of carboxylic acid groups (broad SMARTS) is 3. The molecule has 90 valence electrons. The first-order valence-corrected chi connectivity index (χ1v) is 4.19. The van der Waals surface area contributed by atoms with Crippen LogP contribution in [0.1, 0.15) is 20.3 Å². The van der Waals surface area contributed by atoms with Gasteiger partial charge in [0.05, 0.1) is 6.42 Å². The van der Waals surface area contributed by atoms with Gasteiger partial charge >= 0.3 is 17.9 Å². The third kappa shape index (κ3) is 11.9. The molecule has 0 amide bonds. The molecule has 0 spiro atoms. The van der Waals surface area contributed by atoms with Crippen molar-refractivity contribution in [2.75, 3.05) is 0 Å². The van der Waals surface area contributed by atoms with Crippen LogP contribution < -0.4 is 0 Å². The van der Waals surface area contributed by atoms with Gasteiger partial charge in [-0.15, -0.1) is 0 Å². The molecule has 3 N–H and O–H groups in total. The zero-order chi connectivity index (χ0) is 13.3. The zero-order valence-corrected chi connectivity index (χ0v) is 9.06. The summed E-state index contributed by atoms with van der Waals surface area (Å²) in [4.78, 5) is 29.5. The molecule has 0 aromatic heterocycles. The van der Waals surface area contributed by atoms with Crippen molar-refractivity contribution >= 4 is 17.9 Å². The molecule has 6 heteroatoms. The molecular weight excluding hydrogens is 216 g/mol. The van der Waals surface area contributed by atoms with E-state index in [1.807, 2.05) is 0 Å². The largest absolute Gasteiger partial charge is 0.481 e. The van der Waals surface area contributed by atoms with Crippen molar-refractivity contribution < 1.29 is 29.7 Å². The van der Waals surface area contributed by atoms with E-state index in [-0.39, 0.29) is 17.6 Å². The lowest BCUT2D eigenvalue weighted by Crippen LogP contribution is -1.98. The van der Waals surface area contributed by atoms with Gasteiger partial charge < -0.3 is 15.3 Å². The van der Waals surface area contributed by atoms with Crippen molar-refractivity contribution in [2.24, 2.45) is 0 Å². The third-order valence-corrected chi connectivity index (χ3v) is 1.29. The first kappa shape index (κ1) is 16.3. The molecule has 16 heavy (non-hydrogen) atoms. The van der Waals surface area contributed by atoms with E-state index < -0.39 is 17.9 Å². The Balaban J connectivity index is 0. The topological polar surface area (TPSA) is 112 Å². The molecule has 0 heterocycles. The second kappa shape index (κ2) is 8.22. The van der Waals surface area contributed by atoms with Crippen LogP contribution >= 0.6 is 0 Å².